The van der Waals surface area contributed by atoms with E-state index in [2.05, 4.69) is 20.4 Å². The molecule has 0 radical (unpaired) electrons. The zero-order valence-corrected chi connectivity index (χ0v) is 16.1. The summed E-state index contributed by atoms with van der Waals surface area (Å²) in [6.45, 7) is 13.0. The number of carbonyl (C=O) groups is 1. The Hall–Kier alpha value is -1.69. The molecule has 1 aliphatic heterocycles. The predicted molar refractivity (Wildman–Crippen MR) is 106 cm³/mol. The lowest BCUT2D eigenvalue weighted by atomic mass is 10.1. The molecule has 1 saturated heterocycles. The standard InChI is InChI=1S/C21H31N3O2/c1-3-26-16-15-23-13-11-22(12-14-23)9-6-10-24-17-20(18(2)25)19-7-4-5-8-21(19)24/h4-5,7-8,17H,3,6,9-16H2,1-2H3. The molecule has 3 rings (SSSR count). The van der Waals surface area contributed by atoms with E-state index in [0.717, 1.165) is 76.4 Å². The molecule has 1 fully saturated rings. The second-order valence-electron chi connectivity index (χ2n) is 7.04. The molecule has 0 saturated carbocycles. The summed E-state index contributed by atoms with van der Waals surface area (Å²) in [5.41, 5.74) is 2.00. The zero-order chi connectivity index (χ0) is 18.4. The van der Waals surface area contributed by atoms with Gasteiger partial charge in [0.2, 0.25) is 0 Å². The zero-order valence-electron chi connectivity index (χ0n) is 16.1. The topological polar surface area (TPSA) is 37.7 Å². The van der Waals surface area contributed by atoms with Crippen LogP contribution in [0.3, 0.4) is 0 Å². The van der Waals surface area contributed by atoms with E-state index in [1.165, 1.54) is 5.52 Å². The average Bonchev–Trinajstić information content (AvgIpc) is 3.03. The highest BCUT2D eigenvalue weighted by Crippen LogP contribution is 2.22. The van der Waals surface area contributed by atoms with Gasteiger partial charge < -0.3 is 14.2 Å². The SMILES string of the molecule is CCOCCN1CCN(CCCn2cc(C(C)=O)c3ccccc32)CC1. The third-order valence-electron chi connectivity index (χ3n) is 5.26. The smallest absolute Gasteiger partial charge is 0.161 e. The van der Waals surface area contributed by atoms with Crippen molar-refractivity contribution in [2.75, 3.05) is 52.5 Å². The Morgan fingerprint density at radius 1 is 1.04 bits per heavy atom. The number of nitrogens with zero attached hydrogens (tertiary/aromatic N) is 3. The Bertz CT molecular complexity index is 717. The van der Waals surface area contributed by atoms with Crippen molar-refractivity contribution in [3.63, 3.8) is 0 Å². The number of piperazine rings is 1. The predicted octanol–water partition coefficient (Wildman–Crippen LogP) is 2.89. The fourth-order valence-electron chi connectivity index (χ4n) is 3.75. The molecule has 0 unspecified atom stereocenters. The molecule has 0 bridgehead atoms. The lowest BCUT2D eigenvalue weighted by Crippen LogP contribution is -2.47. The van der Waals surface area contributed by atoms with Gasteiger partial charge in [-0.1, -0.05) is 18.2 Å². The molecule has 0 N–H and O–H groups in total. The minimum absolute atomic E-state index is 0.142. The second kappa shape index (κ2) is 9.31. The van der Waals surface area contributed by atoms with Crippen LogP contribution in [0.5, 0.6) is 0 Å². The van der Waals surface area contributed by atoms with E-state index in [1.54, 1.807) is 6.92 Å². The van der Waals surface area contributed by atoms with Gasteiger partial charge in [0.15, 0.2) is 5.78 Å². The Labute approximate surface area is 156 Å². The molecule has 142 valence electrons. The molecule has 2 aromatic rings. The van der Waals surface area contributed by atoms with Crippen molar-refractivity contribution in [1.82, 2.24) is 14.4 Å². The number of carbonyl (C=O) groups excluding carboxylic acids is 1. The van der Waals surface area contributed by atoms with Crippen LogP contribution >= 0.6 is 0 Å². The fraction of sp³-hybridized carbons (Fsp3) is 0.571. The molecule has 0 aliphatic carbocycles. The van der Waals surface area contributed by atoms with Gasteiger partial charge in [-0.15, -0.1) is 0 Å². The number of hydrogen-bond donors (Lipinski definition) is 0. The van der Waals surface area contributed by atoms with Crippen molar-refractivity contribution in [2.45, 2.75) is 26.8 Å². The molecule has 1 aliphatic rings. The molecule has 0 amide bonds. The van der Waals surface area contributed by atoms with Gasteiger partial charge in [-0.05, 0) is 32.9 Å². The number of benzene rings is 1. The number of aryl methyl sites for hydroxylation is 1. The van der Waals surface area contributed by atoms with Crippen molar-refractivity contribution < 1.29 is 9.53 Å². The molecule has 0 spiro atoms. The first kappa shape index (κ1) is 19.1. The first-order valence-corrected chi connectivity index (χ1v) is 9.80. The summed E-state index contributed by atoms with van der Waals surface area (Å²) in [5.74, 6) is 0.142. The Morgan fingerprint density at radius 2 is 1.73 bits per heavy atom. The highest BCUT2D eigenvalue weighted by atomic mass is 16.5. The van der Waals surface area contributed by atoms with E-state index >= 15 is 0 Å². The maximum Gasteiger partial charge on any atom is 0.161 e. The van der Waals surface area contributed by atoms with Crippen LogP contribution in [-0.2, 0) is 11.3 Å². The van der Waals surface area contributed by atoms with Crippen molar-refractivity contribution in [3.8, 4) is 0 Å². The normalized spacial score (nSPS) is 16.4. The van der Waals surface area contributed by atoms with Gasteiger partial charge in [-0.25, -0.2) is 0 Å². The van der Waals surface area contributed by atoms with Crippen LogP contribution in [0.25, 0.3) is 10.9 Å². The van der Waals surface area contributed by atoms with Gasteiger partial charge in [0.1, 0.15) is 0 Å². The lowest BCUT2D eigenvalue weighted by Gasteiger charge is -2.34. The van der Waals surface area contributed by atoms with E-state index in [4.69, 9.17) is 4.74 Å². The van der Waals surface area contributed by atoms with E-state index < -0.39 is 0 Å². The van der Waals surface area contributed by atoms with Gasteiger partial charge >= 0.3 is 0 Å². The molecule has 0 atom stereocenters. The Balaban J connectivity index is 1.47. The number of ether oxygens (including phenoxy) is 1. The van der Waals surface area contributed by atoms with Crippen molar-refractivity contribution in [3.05, 3.63) is 36.0 Å². The molecule has 2 heterocycles. The van der Waals surface area contributed by atoms with Crippen molar-refractivity contribution in [1.29, 1.82) is 0 Å². The summed E-state index contributed by atoms with van der Waals surface area (Å²) < 4.78 is 7.69. The van der Waals surface area contributed by atoms with Gasteiger partial charge in [0.25, 0.3) is 0 Å². The number of rotatable bonds is 9. The van der Waals surface area contributed by atoms with Crippen LogP contribution in [-0.4, -0.2) is 72.6 Å². The summed E-state index contributed by atoms with van der Waals surface area (Å²) in [6.07, 6.45) is 3.13. The third-order valence-corrected chi connectivity index (χ3v) is 5.26. The third kappa shape index (κ3) is 4.72. The molecular formula is C21H31N3O2. The Morgan fingerprint density at radius 3 is 2.42 bits per heavy atom. The summed E-state index contributed by atoms with van der Waals surface area (Å²) in [4.78, 5) is 16.9. The summed E-state index contributed by atoms with van der Waals surface area (Å²) >= 11 is 0. The van der Waals surface area contributed by atoms with Crippen LogP contribution in [0.1, 0.15) is 30.6 Å². The number of aromatic nitrogens is 1. The number of para-hydroxylation sites is 1. The maximum atomic E-state index is 11.9. The molecule has 5 heteroatoms. The second-order valence-corrected chi connectivity index (χ2v) is 7.04. The minimum atomic E-state index is 0.142. The van der Waals surface area contributed by atoms with Crippen LogP contribution in [0, 0.1) is 0 Å². The molecule has 26 heavy (non-hydrogen) atoms. The average molecular weight is 357 g/mol. The van der Waals surface area contributed by atoms with Crippen molar-refractivity contribution in [2.24, 2.45) is 0 Å². The number of hydrogen-bond acceptors (Lipinski definition) is 4. The van der Waals surface area contributed by atoms with Crippen LogP contribution in [0.2, 0.25) is 0 Å². The monoisotopic (exact) mass is 357 g/mol. The summed E-state index contributed by atoms with van der Waals surface area (Å²) in [6, 6.07) is 8.21. The number of Topliss-reactive ketones (excluding diaryl/α,β-unsaturated/α-hetero) is 1. The molecule has 5 nitrogen and oxygen atoms in total. The van der Waals surface area contributed by atoms with Gasteiger partial charge in [0.05, 0.1) is 6.61 Å². The minimum Gasteiger partial charge on any atom is -0.380 e. The number of ketones is 1. The van der Waals surface area contributed by atoms with E-state index in [0.29, 0.717) is 0 Å². The number of fused-ring (bicyclic) bond motifs is 1. The molecule has 1 aromatic heterocycles. The van der Waals surface area contributed by atoms with E-state index in [1.807, 2.05) is 31.3 Å². The van der Waals surface area contributed by atoms with E-state index in [9.17, 15) is 4.79 Å². The van der Waals surface area contributed by atoms with Crippen LogP contribution < -0.4 is 0 Å². The first-order valence-electron chi connectivity index (χ1n) is 9.80. The molecule has 1 aromatic carbocycles. The first-order chi connectivity index (χ1) is 12.7. The maximum absolute atomic E-state index is 11.9. The van der Waals surface area contributed by atoms with Crippen molar-refractivity contribution >= 4 is 16.7 Å². The van der Waals surface area contributed by atoms with Crippen LogP contribution in [0.15, 0.2) is 30.5 Å². The molecular weight excluding hydrogens is 326 g/mol. The quantitative estimate of drug-likeness (QED) is 0.511. The fourth-order valence-corrected chi connectivity index (χ4v) is 3.75. The van der Waals surface area contributed by atoms with E-state index in [-0.39, 0.29) is 5.78 Å². The largest absolute Gasteiger partial charge is 0.380 e. The highest BCUT2D eigenvalue weighted by molar-refractivity contribution is 6.06. The van der Waals surface area contributed by atoms with Gasteiger partial charge in [0, 0.05) is 68.5 Å². The lowest BCUT2D eigenvalue weighted by molar-refractivity contribution is 0.0802. The summed E-state index contributed by atoms with van der Waals surface area (Å²) in [5, 5.41) is 1.07. The summed E-state index contributed by atoms with van der Waals surface area (Å²) in [7, 11) is 0. The van der Waals surface area contributed by atoms with Crippen LogP contribution in [0.4, 0.5) is 0 Å². The van der Waals surface area contributed by atoms with Gasteiger partial charge in [-0.2, -0.15) is 0 Å². The highest BCUT2D eigenvalue weighted by Gasteiger charge is 2.16. The van der Waals surface area contributed by atoms with Gasteiger partial charge in [-0.3, -0.25) is 9.69 Å². The Kier molecular flexibility index (Phi) is 6.83.